The first-order valence-corrected chi connectivity index (χ1v) is 11.8. The number of ether oxygens (including phenoxy) is 1. The van der Waals surface area contributed by atoms with E-state index < -0.39 is 5.66 Å². The average molecular weight is 448 g/mol. The topological polar surface area (TPSA) is 79.0 Å². The molecule has 2 aromatic rings. The summed E-state index contributed by atoms with van der Waals surface area (Å²) in [5.74, 6) is 0.444. The van der Waals surface area contributed by atoms with E-state index in [1.54, 1.807) is 21.9 Å². The summed E-state index contributed by atoms with van der Waals surface area (Å²) < 4.78 is 6.03. The van der Waals surface area contributed by atoms with Crippen molar-refractivity contribution in [3.8, 4) is 5.75 Å². The van der Waals surface area contributed by atoms with E-state index >= 15 is 0 Å². The summed E-state index contributed by atoms with van der Waals surface area (Å²) >= 11 is 0. The molecule has 1 N–H and O–H groups in total. The zero-order valence-corrected chi connectivity index (χ0v) is 18.9. The summed E-state index contributed by atoms with van der Waals surface area (Å²) in [4.78, 5) is 42.1. The number of nitrogens with one attached hydrogen (secondary N) is 1. The maximum atomic E-state index is 13.3. The number of amides is 3. The van der Waals surface area contributed by atoms with Crippen molar-refractivity contribution in [1.82, 2.24) is 4.90 Å². The zero-order chi connectivity index (χ0) is 23.0. The van der Waals surface area contributed by atoms with Crippen LogP contribution in [-0.4, -0.2) is 40.9 Å². The number of anilines is 2. The van der Waals surface area contributed by atoms with Gasteiger partial charge >= 0.3 is 0 Å². The second kappa shape index (κ2) is 8.54. The number of carbonyl (C=O) groups is 3. The summed E-state index contributed by atoms with van der Waals surface area (Å²) in [7, 11) is 0. The van der Waals surface area contributed by atoms with Crippen LogP contribution < -0.4 is 15.0 Å². The number of carbonyl (C=O) groups excluding carboxylic acids is 3. The minimum atomic E-state index is -0.752. The van der Waals surface area contributed by atoms with Crippen LogP contribution in [-0.2, 0) is 9.59 Å². The maximum absolute atomic E-state index is 13.3. The second-order valence-electron chi connectivity index (χ2n) is 9.27. The van der Waals surface area contributed by atoms with Crippen molar-refractivity contribution in [1.29, 1.82) is 0 Å². The van der Waals surface area contributed by atoms with Crippen LogP contribution in [0.3, 0.4) is 0 Å². The molecule has 1 saturated heterocycles. The Hall–Kier alpha value is -3.35. The van der Waals surface area contributed by atoms with Crippen molar-refractivity contribution >= 4 is 29.1 Å². The molecule has 2 fully saturated rings. The molecule has 2 aliphatic heterocycles. The van der Waals surface area contributed by atoms with Gasteiger partial charge in [-0.15, -0.1) is 0 Å². The van der Waals surface area contributed by atoms with Gasteiger partial charge in [-0.3, -0.25) is 19.3 Å². The normalized spacial score (nSPS) is 22.3. The lowest BCUT2D eigenvalue weighted by Crippen LogP contribution is -2.62. The van der Waals surface area contributed by atoms with Crippen molar-refractivity contribution in [2.75, 3.05) is 16.8 Å². The molecule has 0 unspecified atom stereocenters. The third-order valence-electron chi connectivity index (χ3n) is 7.03. The van der Waals surface area contributed by atoms with Crippen molar-refractivity contribution in [3.05, 3.63) is 54.1 Å². The number of fused-ring (bicyclic) bond motifs is 3. The Morgan fingerprint density at radius 1 is 1.12 bits per heavy atom. The van der Waals surface area contributed by atoms with Gasteiger partial charge in [0, 0.05) is 31.1 Å². The fraction of sp³-hybridized carbons (Fsp3) is 0.423. The highest BCUT2D eigenvalue weighted by Gasteiger charge is 2.52. The SMILES string of the molecule is C[C@@]12CCC(=O)N1c1ccccc1C(=O)N2CCC(=O)Nc1cccc(OC2CCCC2)c1. The number of hydrogen-bond acceptors (Lipinski definition) is 4. The number of hydrogen-bond donors (Lipinski definition) is 1. The Kier molecular flexibility index (Phi) is 5.56. The highest BCUT2D eigenvalue weighted by Crippen LogP contribution is 2.44. The van der Waals surface area contributed by atoms with Gasteiger partial charge in [-0.05, 0) is 63.3 Å². The van der Waals surface area contributed by atoms with Gasteiger partial charge in [-0.2, -0.15) is 0 Å². The molecular formula is C26H29N3O4. The molecule has 1 saturated carbocycles. The maximum Gasteiger partial charge on any atom is 0.257 e. The van der Waals surface area contributed by atoms with Crippen molar-refractivity contribution in [3.63, 3.8) is 0 Å². The van der Waals surface area contributed by atoms with Gasteiger partial charge in [0.2, 0.25) is 11.8 Å². The van der Waals surface area contributed by atoms with Crippen molar-refractivity contribution in [2.45, 2.75) is 63.6 Å². The van der Waals surface area contributed by atoms with E-state index in [2.05, 4.69) is 5.32 Å². The quantitative estimate of drug-likeness (QED) is 0.715. The molecule has 33 heavy (non-hydrogen) atoms. The van der Waals surface area contributed by atoms with Gasteiger partial charge in [0.25, 0.3) is 5.91 Å². The van der Waals surface area contributed by atoms with Crippen LogP contribution in [0.2, 0.25) is 0 Å². The molecular weight excluding hydrogens is 418 g/mol. The van der Waals surface area contributed by atoms with Gasteiger partial charge in [0.1, 0.15) is 11.4 Å². The Labute approximate surface area is 193 Å². The largest absolute Gasteiger partial charge is 0.490 e. The van der Waals surface area contributed by atoms with E-state index in [9.17, 15) is 14.4 Å². The third kappa shape index (κ3) is 3.96. The van der Waals surface area contributed by atoms with E-state index in [4.69, 9.17) is 4.74 Å². The molecule has 1 aliphatic carbocycles. The molecule has 3 aliphatic rings. The molecule has 1 atom stereocenters. The van der Waals surface area contributed by atoms with Crippen LogP contribution in [0.4, 0.5) is 11.4 Å². The third-order valence-corrected chi connectivity index (χ3v) is 7.03. The molecule has 0 aromatic heterocycles. The Bertz CT molecular complexity index is 1090. The van der Waals surface area contributed by atoms with Gasteiger partial charge in [-0.25, -0.2) is 0 Å². The highest BCUT2D eigenvalue weighted by atomic mass is 16.5. The van der Waals surface area contributed by atoms with E-state index in [1.165, 1.54) is 12.8 Å². The minimum Gasteiger partial charge on any atom is -0.490 e. The van der Waals surface area contributed by atoms with Gasteiger partial charge in [0.05, 0.1) is 17.4 Å². The first kappa shape index (κ1) is 21.5. The molecule has 2 aromatic carbocycles. The molecule has 2 heterocycles. The lowest BCUT2D eigenvalue weighted by molar-refractivity contribution is -0.117. The molecule has 172 valence electrons. The second-order valence-corrected chi connectivity index (χ2v) is 9.27. The number of para-hydroxylation sites is 1. The molecule has 3 amide bonds. The molecule has 0 spiro atoms. The predicted octanol–water partition coefficient (Wildman–Crippen LogP) is 4.34. The zero-order valence-electron chi connectivity index (χ0n) is 18.9. The Balaban J connectivity index is 1.27. The summed E-state index contributed by atoms with van der Waals surface area (Å²) in [6, 6.07) is 14.7. The first-order valence-electron chi connectivity index (χ1n) is 11.8. The Morgan fingerprint density at radius 3 is 2.73 bits per heavy atom. The standard InChI is InChI=1S/C26H29N3O4/c1-26-15-13-24(31)29(26)22-12-5-4-11-21(22)25(32)28(26)16-14-23(30)27-18-7-6-10-20(17-18)33-19-8-2-3-9-19/h4-7,10-12,17,19H,2-3,8-9,13-16H2,1H3,(H,27,30)/t26-/m0/s1. The van der Waals surface area contributed by atoms with E-state index in [-0.39, 0.29) is 36.8 Å². The van der Waals surface area contributed by atoms with Crippen LogP contribution in [0.25, 0.3) is 0 Å². The van der Waals surface area contributed by atoms with E-state index in [1.807, 2.05) is 43.3 Å². The minimum absolute atomic E-state index is 0.00554. The van der Waals surface area contributed by atoms with Crippen LogP contribution in [0.15, 0.2) is 48.5 Å². The smallest absolute Gasteiger partial charge is 0.257 e. The first-order chi connectivity index (χ1) is 16.0. The predicted molar refractivity (Wildman–Crippen MR) is 125 cm³/mol. The van der Waals surface area contributed by atoms with E-state index in [0.29, 0.717) is 29.8 Å². The summed E-state index contributed by atoms with van der Waals surface area (Å²) in [6.07, 6.45) is 5.86. The molecule has 7 heteroatoms. The number of benzene rings is 2. The van der Waals surface area contributed by atoms with Gasteiger partial charge < -0.3 is 15.0 Å². The fourth-order valence-corrected chi connectivity index (χ4v) is 5.32. The van der Waals surface area contributed by atoms with Crippen molar-refractivity contribution in [2.24, 2.45) is 0 Å². The summed E-state index contributed by atoms with van der Waals surface area (Å²) in [6.45, 7) is 2.14. The molecule has 0 radical (unpaired) electrons. The molecule has 7 nitrogen and oxygen atoms in total. The molecule has 5 rings (SSSR count). The molecule has 0 bridgehead atoms. The van der Waals surface area contributed by atoms with E-state index in [0.717, 1.165) is 18.6 Å². The van der Waals surface area contributed by atoms with Crippen molar-refractivity contribution < 1.29 is 19.1 Å². The fourth-order valence-electron chi connectivity index (χ4n) is 5.32. The van der Waals surface area contributed by atoms with Crippen LogP contribution >= 0.6 is 0 Å². The summed E-state index contributed by atoms with van der Waals surface area (Å²) in [5.41, 5.74) is 1.09. The monoisotopic (exact) mass is 447 g/mol. The van der Waals surface area contributed by atoms with Crippen LogP contribution in [0.5, 0.6) is 5.75 Å². The number of rotatable bonds is 6. The van der Waals surface area contributed by atoms with Crippen LogP contribution in [0, 0.1) is 0 Å². The number of nitrogens with zero attached hydrogens (tertiary/aromatic N) is 2. The van der Waals surface area contributed by atoms with Gasteiger partial charge in [0.15, 0.2) is 0 Å². The Morgan fingerprint density at radius 2 is 1.91 bits per heavy atom. The lowest BCUT2D eigenvalue weighted by atomic mass is 9.98. The lowest BCUT2D eigenvalue weighted by Gasteiger charge is -2.48. The summed E-state index contributed by atoms with van der Waals surface area (Å²) in [5, 5.41) is 2.92. The van der Waals surface area contributed by atoms with Gasteiger partial charge in [-0.1, -0.05) is 18.2 Å². The average Bonchev–Trinajstić information content (AvgIpc) is 3.41. The van der Waals surface area contributed by atoms with Crippen LogP contribution in [0.1, 0.15) is 62.2 Å². The highest BCUT2D eigenvalue weighted by molar-refractivity contribution is 6.10.